The topological polar surface area (TPSA) is 78.9 Å². The highest BCUT2D eigenvalue weighted by Gasteiger charge is 2.18. The molecular weight excluding hydrogens is 617 g/mol. The molecule has 0 saturated heterocycles. The number of hydrogen-bond acceptors (Lipinski definition) is 6. The van der Waals surface area contributed by atoms with Crippen LogP contribution in [0.15, 0.2) is 75.0 Å². The van der Waals surface area contributed by atoms with Gasteiger partial charge in [0.05, 0.1) is 33.4 Å². The Hall–Kier alpha value is -3.37. The van der Waals surface area contributed by atoms with E-state index in [1.54, 1.807) is 48.7 Å². The van der Waals surface area contributed by atoms with Gasteiger partial charge in [-0.2, -0.15) is 9.78 Å². The molecule has 0 saturated carbocycles. The Bertz CT molecular complexity index is 1730. The molecule has 5 aromatic rings. The largest absolute Gasteiger partial charge is 0.490 e. The van der Waals surface area contributed by atoms with Crippen molar-refractivity contribution in [1.82, 2.24) is 9.66 Å². The molecule has 9 heteroatoms. The lowest BCUT2D eigenvalue weighted by molar-refractivity contribution is 0.201. The number of ether oxygens (including phenoxy) is 2. The average molecular weight is 642 g/mol. The van der Waals surface area contributed by atoms with Gasteiger partial charge in [-0.05, 0) is 97.0 Å². The van der Waals surface area contributed by atoms with E-state index in [0.29, 0.717) is 45.4 Å². The Labute approximate surface area is 238 Å². The number of benzene rings is 3. The van der Waals surface area contributed by atoms with E-state index in [-0.39, 0.29) is 17.5 Å². The second kappa shape index (κ2) is 11.2. The second-order valence-corrected chi connectivity index (χ2v) is 10.3. The summed E-state index contributed by atoms with van der Waals surface area (Å²) in [6, 6.07) is 18.1. The van der Waals surface area contributed by atoms with E-state index in [0.717, 1.165) is 20.9 Å². The van der Waals surface area contributed by atoms with Crippen LogP contribution in [0.2, 0.25) is 5.02 Å². The van der Waals surface area contributed by atoms with Crippen LogP contribution in [-0.2, 0) is 0 Å². The molecule has 2 aromatic heterocycles. The van der Waals surface area contributed by atoms with Crippen LogP contribution in [0.1, 0.15) is 32.8 Å². The van der Waals surface area contributed by atoms with Crippen molar-refractivity contribution >= 4 is 62.3 Å². The first-order valence-electron chi connectivity index (χ1n) is 12.3. The Kier molecular flexibility index (Phi) is 7.71. The molecule has 0 bridgehead atoms. The zero-order chi connectivity index (χ0) is 26.8. The molecule has 0 fully saturated rings. The first-order chi connectivity index (χ1) is 18.4. The fourth-order valence-corrected chi connectivity index (χ4v) is 4.90. The SMILES string of the molecule is CCOc1cc(C=Nn2c(-c3cc4cc(Cl)ccc4o3)nc3ccccc3c2=O)cc(I)c1O[C@H](C)CC. The Morgan fingerprint density at radius 3 is 2.76 bits per heavy atom. The highest BCUT2D eigenvalue weighted by molar-refractivity contribution is 14.1. The van der Waals surface area contributed by atoms with Gasteiger partial charge in [-0.3, -0.25) is 4.79 Å². The van der Waals surface area contributed by atoms with Gasteiger partial charge in [0, 0.05) is 10.4 Å². The van der Waals surface area contributed by atoms with Crippen LogP contribution in [0.5, 0.6) is 11.5 Å². The third-order valence-electron chi connectivity index (χ3n) is 6.00. The van der Waals surface area contributed by atoms with Gasteiger partial charge in [0.1, 0.15) is 5.58 Å². The minimum absolute atomic E-state index is 0.0470. The van der Waals surface area contributed by atoms with Crippen LogP contribution in [0, 0.1) is 3.57 Å². The summed E-state index contributed by atoms with van der Waals surface area (Å²) in [6.07, 6.45) is 2.53. The fraction of sp³-hybridized carbons (Fsp3) is 0.207. The standard InChI is InChI=1S/C29H25ClIN3O4/c1-4-17(3)37-27-22(31)12-18(13-25(27)36-5-2)16-32-34-28(33-23-9-7-6-8-21(23)29(34)35)26-15-19-14-20(30)10-11-24(19)38-26/h6-17H,4-5H2,1-3H3/t17-/m1/s1. The van der Waals surface area contributed by atoms with Crippen molar-refractivity contribution in [3.05, 3.63) is 85.2 Å². The van der Waals surface area contributed by atoms with Crippen LogP contribution in [0.3, 0.4) is 0 Å². The summed E-state index contributed by atoms with van der Waals surface area (Å²) in [6.45, 7) is 6.51. The molecule has 0 aliphatic rings. The van der Waals surface area contributed by atoms with Gasteiger partial charge in [0.2, 0.25) is 5.82 Å². The molecule has 2 heterocycles. The van der Waals surface area contributed by atoms with Crippen molar-refractivity contribution in [1.29, 1.82) is 0 Å². The number of halogens is 2. The zero-order valence-electron chi connectivity index (χ0n) is 21.1. The second-order valence-electron chi connectivity index (χ2n) is 8.71. The van der Waals surface area contributed by atoms with Crippen molar-refractivity contribution in [2.45, 2.75) is 33.3 Å². The summed E-state index contributed by atoms with van der Waals surface area (Å²) in [5.41, 5.74) is 1.63. The summed E-state index contributed by atoms with van der Waals surface area (Å²) < 4.78 is 20.2. The monoisotopic (exact) mass is 641 g/mol. The highest BCUT2D eigenvalue weighted by atomic mass is 127. The molecule has 0 radical (unpaired) electrons. The van der Waals surface area contributed by atoms with E-state index in [1.165, 1.54) is 4.68 Å². The van der Waals surface area contributed by atoms with Crippen LogP contribution in [0.4, 0.5) is 0 Å². The summed E-state index contributed by atoms with van der Waals surface area (Å²) >= 11 is 8.39. The van der Waals surface area contributed by atoms with Gasteiger partial charge in [-0.15, -0.1) is 0 Å². The Morgan fingerprint density at radius 1 is 1.16 bits per heavy atom. The lowest BCUT2D eigenvalue weighted by Crippen LogP contribution is -2.20. The van der Waals surface area contributed by atoms with Crippen molar-refractivity contribution in [3.63, 3.8) is 0 Å². The maximum absolute atomic E-state index is 13.6. The molecule has 38 heavy (non-hydrogen) atoms. The number of hydrogen-bond donors (Lipinski definition) is 0. The summed E-state index contributed by atoms with van der Waals surface area (Å²) in [7, 11) is 0. The Balaban J connectivity index is 1.64. The van der Waals surface area contributed by atoms with Gasteiger partial charge >= 0.3 is 0 Å². The van der Waals surface area contributed by atoms with Gasteiger partial charge < -0.3 is 13.9 Å². The lowest BCUT2D eigenvalue weighted by atomic mass is 10.2. The third-order valence-corrected chi connectivity index (χ3v) is 7.04. The maximum Gasteiger partial charge on any atom is 0.282 e. The van der Waals surface area contributed by atoms with Gasteiger partial charge in [-0.25, -0.2) is 4.98 Å². The van der Waals surface area contributed by atoms with Crippen LogP contribution >= 0.6 is 34.2 Å². The molecule has 0 aliphatic heterocycles. The molecule has 0 spiro atoms. The predicted molar refractivity (Wildman–Crippen MR) is 160 cm³/mol. The summed E-state index contributed by atoms with van der Waals surface area (Å²) in [4.78, 5) is 18.3. The van der Waals surface area contributed by atoms with Crippen LogP contribution in [0.25, 0.3) is 33.5 Å². The van der Waals surface area contributed by atoms with E-state index < -0.39 is 0 Å². The molecule has 7 nitrogen and oxygen atoms in total. The third kappa shape index (κ3) is 5.28. The number of para-hydroxylation sites is 1. The first-order valence-corrected chi connectivity index (χ1v) is 13.7. The van der Waals surface area contributed by atoms with Crippen molar-refractivity contribution < 1.29 is 13.9 Å². The average Bonchev–Trinajstić information content (AvgIpc) is 3.33. The van der Waals surface area contributed by atoms with Gasteiger partial charge in [0.15, 0.2) is 17.3 Å². The van der Waals surface area contributed by atoms with Gasteiger partial charge in [-0.1, -0.05) is 30.7 Å². The number of fused-ring (bicyclic) bond motifs is 2. The number of aromatic nitrogens is 2. The number of nitrogens with zero attached hydrogens (tertiary/aromatic N) is 3. The summed E-state index contributed by atoms with van der Waals surface area (Å²) in [5, 5.41) is 6.42. The van der Waals surface area contributed by atoms with Crippen LogP contribution in [-0.4, -0.2) is 28.6 Å². The molecule has 194 valence electrons. The lowest BCUT2D eigenvalue weighted by Gasteiger charge is -2.18. The van der Waals surface area contributed by atoms with E-state index in [4.69, 9.17) is 30.5 Å². The van der Waals surface area contributed by atoms with Crippen LogP contribution < -0.4 is 15.0 Å². The molecule has 1 atom stereocenters. The first kappa shape index (κ1) is 26.2. The maximum atomic E-state index is 13.6. The quantitative estimate of drug-likeness (QED) is 0.129. The predicted octanol–water partition coefficient (Wildman–Crippen LogP) is 7.53. The molecule has 3 aromatic carbocycles. The highest BCUT2D eigenvalue weighted by Crippen LogP contribution is 2.35. The minimum Gasteiger partial charge on any atom is -0.490 e. The van der Waals surface area contributed by atoms with E-state index >= 15 is 0 Å². The smallest absolute Gasteiger partial charge is 0.282 e. The molecule has 5 rings (SSSR count). The van der Waals surface area contributed by atoms with E-state index in [9.17, 15) is 4.79 Å². The molecule has 0 unspecified atom stereocenters. The molecule has 0 amide bonds. The van der Waals surface area contributed by atoms with Crippen molar-refractivity contribution in [2.24, 2.45) is 5.10 Å². The van der Waals surface area contributed by atoms with Crippen molar-refractivity contribution in [2.75, 3.05) is 6.61 Å². The number of furan rings is 1. The Morgan fingerprint density at radius 2 is 1.97 bits per heavy atom. The molecule has 0 N–H and O–H groups in total. The fourth-order valence-electron chi connectivity index (χ4n) is 3.96. The zero-order valence-corrected chi connectivity index (χ0v) is 24.0. The molecule has 0 aliphatic carbocycles. The summed E-state index contributed by atoms with van der Waals surface area (Å²) in [5.74, 6) is 2.02. The normalized spacial score (nSPS) is 12.4. The van der Waals surface area contributed by atoms with Gasteiger partial charge in [0.25, 0.3) is 5.56 Å². The number of rotatable bonds is 8. The molecular formula is C29H25ClIN3O4. The minimum atomic E-state index is -0.309. The van der Waals surface area contributed by atoms with E-state index in [1.807, 2.05) is 32.0 Å². The van der Waals surface area contributed by atoms with Crippen molar-refractivity contribution in [3.8, 4) is 23.1 Å². The van der Waals surface area contributed by atoms with E-state index in [2.05, 4.69) is 34.6 Å².